The van der Waals surface area contributed by atoms with Crippen LogP contribution in [0.1, 0.15) is 31.0 Å². The van der Waals surface area contributed by atoms with Gasteiger partial charge in [-0.25, -0.2) is 4.98 Å². The monoisotopic (exact) mass is 314 g/mol. The van der Waals surface area contributed by atoms with Gasteiger partial charge in [-0.2, -0.15) is 5.10 Å². The number of oxazole rings is 1. The Morgan fingerprint density at radius 2 is 2.22 bits per heavy atom. The van der Waals surface area contributed by atoms with E-state index in [1.54, 1.807) is 14.0 Å². The summed E-state index contributed by atoms with van der Waals surface area (Å²) in [7, 11) is 1.71. The smallest absolute Gasteiger partial charge is 0.221 e. The lowest BCUT2D eigenvalue weighted by molar-refractivity contribution is -0.121. The van der Waals surface area contributed by atoms with Gasteiger partial charge in [0.25, 0.3) is 0 Å². The molecule has 7 heteroatoms. The minimum absolute atomic E-state index is 0.0688. The zero-order valence-corrected chi connectivity index (χ0v) is 13.0. The summed E-state index contributed by atoms with van der Waals surface area (Å²) in [6.45, 7) is 1.78. The van der Waals surface area contributed by atoms with Gasteiger partial charge in [0.2, 0.25) is 5.91 Å². The molecule has 2 heterocycles. The lowest BCUT2D eigenvalue weighted by Crippen LogP contribution is -2.27. The molecule has 1 aromatic carbocycles. The molecule has 23 heavy (non-hydrogen) atoms. The number of nitrogens with one attached hydrogen (secondary N) is 1. The fraction of sp³-hybridized carbons (Fsp3) is 0.312. The zero-order valence-electron chi connectivity index (χ0n) is 13.0. The molecule has 0 fully saturated rings. The summed E-state index contributed by atoms with van der Waals surface area (Å²) in [4.78, 5) is 16.4. The molecule has 0 radical (unpaired) electrons. The van der Waals surface area contributed by atoms with Gasteiger partial charge in [0.15, 0.2) is 17.2 Å². The second kappa shape index (κ2) is 6.12. The molecular formula is C16H18N4O3. The molecule has 1 unspecified atom stereocenters. The minimum atomic E-state index is -0.368. The second-order valence-corrected chi connectivity index (χ2v) is 5.44. The maximum Gasteiger partial charge on any atom is 0.221 e. The van der Waals surface area contributed by atoms with Crippen molar-refractivity contribution >= 4 is 17.0 Å². The van der Waals surface area contributed by atoms with E-state index >= 15 is 0 Å². The summed E-state index contributed by atoms with van der Waals surface area (Å²) in [6, 6.07) is 7.12. The van der Waals surface area contributed by atoms with Crippen LogP contribution in [0.5, 0.6) is 5.75 Å². The van der Waals surface area contributed by atoms with Crippen molar-refractivity contribution in [1.82, 2.24) is 20.1 Å². The molecule has 0 saturated heterocycles. The van der Waals surface area contributed by atoms with Crippen LogP contribution in [0.15, 0.2) is 34.9 Å². The third-order valence-electron chi connectivity index (χ3n) is 3.53. The molecule has 1 amide bonds. The number of hydrogen-bond donors (Lipinski definition) is 2. The average molecular weight is 314 g/mol. The van der Waals surface area contributed by atoms with Crippen LogP contribution in [0.4, 0.5) is 0 Å². The van der Waals surface area contributed by atoms with E-state index in [2.05, 4.69) is 15.4 Å². The van der Waals surface area contributed by atoms with Crippen molar-refractivity contribution < 1.29 is 14.3 Å². The Morgan fingerprint density at radius 3 is 2.91 bits per heavy atom. The fourth-order valence-electron chi connectivity index (χ4n) is 2.43. The van der Waals surface area contributed by atoms with Crippen molar-refractivity contribution in [1.29, 1.82) is 0 Å². The molecule has 2 N–H and O–H groups in total. The summed E-state index contributed by atoms with van der Waals surface area (Å²) in [5, 5.41) is 16.7. The first-order valence-corrected chi connectivity index (χ1v) is 7.39. The van der Waals surface area contributed by atoms with Crippen LogP contribution in [0.2, 0.25) is 0 Å². The number of aryl methyl sites for hydroxylation is 2. The number of carbonyl (C=O) groups is 1. The molecule has 3 aromatic rings. The number of carbonyl (C=O) groups excluding carboxylic acids is 1. The van der Waals surface area contributed by atoms with Gasteiger partial charge in [-0.15, -0.1) is 0 Å². The van der Waals surface area contributed by atoms with Crippen LogP contribution in [-0.2, 0) is 18.3 Å². The van der Waals surface area contributed by atoms with E-state index in [4.69, 9.17) is 4.42 Å². The Morgan fingerprint density at radius 1 is 1.43 bits per heavy atom. The molecular weight excluding hydrogens is 296 g/mol. The quantitative estimate of drug-likeness (QED) is 0.752. The number of rotatable bonds is 5. The topological polar surface area (TPSA) is 93.2 Å². The number of benzene rings is 1. The molecule has 0 bridgehead atoms. The zero-order chi connectivity index (χ0) is 16.4. The van der Waals surface area contributed by atoms with Crippen LogP contribution >= 0.6 is 0 Å². The van der Waals surface area contributed by atoms with Crippen LogP contribution < -0.4 is 5.32 Å². The van der Waals surface area contributed by atoms with E-state index in [-0.39, 0.29) is 24.1 Å². The molecule has 7 nitrogen and oxygen atoms in total. The molecule has 3 rings (SSSR count). The van der Waals surface area contributed by atoms with E-state index in [1.807, 2.05) is 24.3 Å². The van der Waals surface area contributed by atoms with E-state index in [0.717, 1.165) is 11.1 Å². The third-order valence-corrected chi connectivity index (χ3v) is 3.53. The molecule has 1 atom stereocenters. The van der Waals surface area contributed by atoms with Crippen LogP contribution in [-0.4, -0.2) is 25.8 Å². The molecule has 0 aliphatic carbocycles. The van der Waals surface area contributed by atoms with Gasteiger partial charge < -0.3 is 14.8 Å². The number of amides is 1. The lowest BCUT2D eigenvalue weighted by atomic mass is 10.2. The van der Waals surface area contributed by atoms with E-state index in [9.17, 15) is 9.90 Å². The molecule has 0 aliphatic rings. The molecule has 2 aromatic heterocycles. The molecule has 0 spiro atoms. The van der Waals surface area contributed by atoms with Crippen molar-refractivity contribution in [2.45, 2.75) is 25.8 Å². The lowest BCUT2D eigenvalue weighted by Gasteiger charge is -2.11. The highest BCUT2D eigenvalue weighted by Crippen LogP contribution is 2.21. The van der Waals surface area contributed by atoms with E-state index in [1.165, 1.54) is 10.9 Å². The Balaban J connectivity index is 1.58. The van der Waals surface area contributed by atoms with Crippen LogP contribution in [0, 0.1) is 0 Å². The highest BCUT2D eigenvalue weighted by molar-refractivity contribution is 5.77. The SMILES string of the molecule is CC(NC(=O)CCc1nc2ccccc2o1)c1nn(C)cc1O. The number of aromatic hydroxyl groups is 1. The van der Waals surface area contributed by atoms with Gasteiger partial charge >= 0.3 is 0 Å². The van der Waals surface area contributed by atoms with Crippen LogP contribution in [0.25, 0.3) is 11.1 Å². The maximum absolute atomic E-state index is 12.0. The van der Waals surface area contributed by atoms with Crippen molar-refractivity contribution in [3.05, 3.63) is 42.0 Å². The van der Waals surface area contributed by atoms with Crippen molar-refractivity contribution in [2.24, 2.45) is 7.05 Å². The van der Waals surface area contributed by atoms with Gasteiger partial charge in [-0.3, -0.25) is 9.48 Å². The average Bonchev–Trinajstić information content (AvgIpc) is 3.07. The van der Waals surface area contributed by atoms with Crippen molar-refractivity contribution in [3.63, 3.8) is 0 Å². The number of para-hydroxylation sites is 2. The van der Waals surface area contributed by atoms with Gasteiger partial charge in [0, 0.05) is 19.9 Å². The Bertz CT molecular complexity index is 804. The predicted octanol–water partition coefficient (Wildman–Crippen LogP) is 2.08. The number of fused-ring (bicyclic) bond motifs is 1. The minimum Gasteiger partial charge on any atom is -0.504 e. The Labute approximate surface area is 132 Å². The summed E-state index contributed by atoms with van der Waals surface area (Å²) < 4.78 is 7.09. The standard InChI is InChI=1S/C16H18N4O3/c1-10(16-12(21)9-20(2)19-16)17-14(22)7-8-15-18-11-5-3-4-6-13(11)23-15/h3-6,9-10,21H,7-8H2,1-2H3,(H,17,22). The normalized spacial score (nSPS) is 12.4. The summed E-state index contributed by atoms with van der Waals surface area (Å²) in [5.41, 5.74) is 1.95. The fourth-order valence-corrected chi connectivity index (χ4v) is 2.43. The highest BCUT2D eigenvalue weighted by atomic mass is 16.3. The van der Waals surface area contributed by atoms with E-state index < -0.39 is 0 Å². The van der Waals surface area contributed by atoms with Crippen LogP contribution in [0.3, 0.4) is 0 Å². The number of nitrogens with zero attached hydrogens (tertiary/aromatic N) is 3. The second-order valence-electron chi connectivity index (χ2n) is 5.44. The first-order chi connectivity index (χ1) is 11.0. The predicted molar refractivity (Wildman–Crippen MR) is 83.8 cm³/mol. The van der Waals surface area contributed by atoms with Gasteiger partial charge in [-0.05, 0) is 19.1 Å². The molecule has 0 aliphatic heterocycles. The van der Waals surface area contributed by atoms with Gasteiger partial charge in [0.05, 0.1) is 12.2 Å². The van der Waals surface area contributed by atoms with Gasteiger partial charge in [-0.1, -0.05) is 12.1 Å². The maximum atomic E-state index is 12.0. The first kappa shape index (κ1) is 15.1. The molecule has 120 valence electrons. The highest BCUT2D eigenvalue weighted by Gasteiger charge is 2.17. The molecule has 0 saturated carbocycles. The third kappa shape index (κ3) is 3.33. The van der Waals surface area contributed by atoms with Gasteiger partial charge in [0.1, 0.15) is 11.2 Å². The number of hydrogen-bond acceptors (Lipinski definition) is 5. The van der Waals surface area contributed by atoms with E-state index in [0.29, 0.717) is 18.0 Å². The summed E-state index contributed by atoms with van der Waals surface area (Å²) in [6.07, 6.45) is 2.17. The summed E-state index contributed by atoms with van der Waals surface area (Å²) >= 11 is 0. The number of aromatic nitrogens is 3. The van der Waals surface area contributed by atoms with Crippen molar-refractivity contribution in [2.75, 3.05) is 0 Å². The first-order valence-electron chi connectivity index (χ1n) is 7.39. The summed E-state index contributed by atoms with van der Waals surface area (Å²) in [5.74, 6) is 0.457. The largest absolute Gasteiger partial charge is 0.504 e. The van der Waals surface area contributed by atoms with Crippen molar-refractivity contribution in [3.8, 4) is 5.75 Å². The Hall–Kier alpha value is -2.83. The Kier molecular flexibility index (Phi) is 4.01.